The predicted molar refractivity (Wildman–Crippen MR) is 75.0 cm³/mol. The first-order valence-corrected chi connectivity index (χ1v) is 7.20. The van der Waals surface area contributed by atoms with Gasteiger partial charge in [0.15, 0.2) is 0 Å². The van der Waals surface area contributed by atoms with Crippen LogP contribution in [0.3, 0.4) is 0 Å². The molecule has 3 aliphatic rings. The molecule has 0 aromatic heterocycles. The number of nitrogens with zero attached hydrogens (tertiary/aromatic N) is 3. The van der Waals surface area contributed by atoms with E-state index in [9.17, 15) is 13.6 Å². The average molecular weight is 298 g/mol. The minimum absolute atomic E-state index is 0.132. The summed E-state index contributed by atoms with van der Waals surface area (Å²) in [5.41, 5.74) is 7.21. The van der Waals surface area contributed by atoms with Gasteiger partial charge in [-0.15, -0.1) is 0 Å². The van der Waals surface area contributed by atoms with Crippen LogP contribution in [-0.2, 0) is 4.79 Å². The molecule has 3 rings (SSSR count). The van der Waals surface area contributed by atoms with Gasteiger partial charge in [0.25, 0.3) is 0 Å². The molecule has 1 saturated carbocycles. The van der Waals surface area contributed by atoms with Crippen LogP contribution in [0.25, 0.3) is 0 Å². The summed E-state index contributed by atoms with van der Waals surface area (Å²) in [5, 5.41) is 0. The van der Waals surface area contributed by atoms with Crippen molar-refractivity contribution < 1.29 is 13.6 Å². The largest absolute Gasteiger partial charge is 0.400 e. The highest BCUT2D eigenvalue weighted by atomic mass is 19.3. The summed E-state index contributed by atoms with van der Waals surface area (Å²) in [4.78, 5) is 18.0. The predicted octanol–water partition coefficient (Wildman–Crippen LogP) is 0.962. The highest BCUT2D eigenvalue weighted by molar-refractivity contribution is 6.03. The van der Waals surface area contributed by atoms with Crippen molar-refractivity contribution in [1.82, 2.24) is 9.80 Å². The third-order valence-corrected chi connectivity index (χ3v) is 5.07. The smallest absolute Gasteiger partial charge is 0.324 e. The van der Waals surface area contributed by atoms with E-state index in [1.54, 1.807) is 11.9 Å². The van der Waals surface area contributed by atoms with E-state index in [4.69, 9.17) is 5.73 Å². The van der Waals surface area contributed by atoms with Crippen molar-refractivity contribution in [2.24, 2.45) is 10.7 Å². The van der Waals surface area contributed by atoms with E-state index in [2.05, 4.69) is 4.99 Å². The van der Waals surface area contributed by atoms with Crippen LogP contribution < -0.4 is 5.73 Å². The monoisotopic (exact) mass is 298 g/mol. The number of carbonyl (C=O) groups is 1. The first kappa shape index (κ1) is 14.4. The van der Waals surface area contributed by atoms with Crippen molar-refractivity contribution in [3.8, 4) is 0 Å². The highest BCUT2D eigenvalue weighted by Crippen LogP contribution is 2.68. The first-order valence-electron chi connectivity index (χ1n) is 7.20. The first-order chi connectivity index (χ1) is 9.89. The van der Waals surface area contributed by atoms with Crippen molar-refractivity contribution in [3.05, 3.63) is 11.3 Å². The lowest BCUT2D eigenvalue weighted by Crippen LogP contribution is -2.43. The van der Waals surface area contributed by atoms with Crippen molar-refractivity contribution >= 4 is 12.1 Å². The SMILES string of the molecule is CN=C(CN1C(F)(F)C12CC2)C1=C(N)C(C)N(C=O)CC1. The summed E-state index contributed by atoms with van der Waals surface area (Å²) in [6.07, 6.45) is 2.45. The van der Waals surface area contributed by atoms with E-state index in [0.29, 0.717) is 37.2 Å². The zero-order chi connectivity index (χ0) is 15.4. The quantitative estimate of drug-likeness (QED) is 0.364. The summed E-state index contributed by atoms with van der Waals surface area (Å²) in [6, 6.07) is -2.92. The maximum atomic E-state index is 13.8. The molecule has 1 aliphatic carbocycles. The molecule has 2 atom stereocenters. The standard InChI is InChI=1S/C14H20F2N4O/c1-9-12(17)10(3-6-19(9)8-21)11(18-2)7-20-13(4-5-13)14(20,15)16/h8-9H,3-7,17H2,1-2H3. The Labute approximate surface area is 122 Å². The van der Waals surface area contributed by atoms with Crippen molar-refractivity contribution in [3.63, 3.8) is 0 Å². The fraction of sp³-hybridized carbons (Fsp3) is 0.714. The second-order valence-corrected chi connectivity index (χ2v) is 6.03. The second-order valence-electron chi connectivity index (χ2n) is 6.03. The maximum Gasteiger partial charge on any atom is 0.324 e. The molecule has 2 heterocycles. The number of hydrogen-bond acceptors (Lipinski definition) is 4. The van der Waals surface area contributed by atoms with Gasteiger partial charge in [0, 0.05) is 25.8 Å². The topological polar surface area (TPSA) is 61.7 Å². The Bertz CT molecular complexity index is 535. The Hall–Kier alpha value is -1.50. The number of amides is 1. The van der Waals surface area contributed by atoms with E-state index in [1.165, 1.54) is 4.90 Å². The third kappa shape index (κ3) is 1.90. The molecular formula is C14H20F2N4O. The van der Waals surface area contributed by atoms with Gasteiger partial charge in [0.05, 0.1) is 11.8 Å². The van der Waals surface area contributed by atoms with Crippen LogP contribution in [0.5, 0.6) is 0 Å². The number of hydrogen-bond donors (Lipinski definition) is 1. The summed E-state index contributed by atoms with van der Waals surface area (Å²) in [6.45, 7) is 2.51. The van der Waals surface area contributed by atoms with Crippen molar-refractivity contribution in [1.29, 1.82) is 0 Å². The Balaban J connectivity index is 1.79. The van der Waals surface area contributed by atoms with E-state index in [0.717, 1.165) is 12.0 Å². The summed E-state index contributed by atoms with van der Waals surface area (Å²) in [5.74, 6) is 0. The van der Waals surface area contributed by atoms with Gasteiger partial charge < -0.3 is 10.6 Å². The second kappa shape index (κ2) is 4.50. The van der Waals surface area contributed by atoms with Crippen LogP contribution >= 0.6 is 0 Å². The van der Waals surface area contributed by atoms with Gasteiger partial charge in [-0.3, -0.25) is 9.79 Å². The lowest BCUT2D eigenvalue weighted by molar-refractivity contribution is -0.119. The van der Waals surface area contributed by atoms with E-state index < -0.39 is 11.6 Å². The summed E-state index contributed by atoms with van der Waals surface area (Å²) >= 11 is 0. The molecule has 1 amide bonds. The van der Waals surface area contributed by atoms with Crippen LogP contribution in [0.2, 0.25) is 0 Å². The van der Waals surface area contributed by atoms with Crippen LogP contribution in [0.4, 0.5) is 8.78 Å². The zero-order valence-electron chi connectivity index (χ0n) is 12.3. The molecule has 5 nitrogen and oxygen atoms in total. The Morgan fingerprint density at radius 2 is 2.19 bits per heavy atom. The molecule has 2 fully saturated rings. The number of aliphatic imine (C=N–C) groups is 1. The van der Waals surface area contributed by atoms with Gasteiger partial charge in [-0.1, -0.05) is 0 Å². The Kier molecular flexibility index (Phi) is 3.09. The number of rotatable bonds is 4. The summed E-state index contributed by atoms with van der Waals surface area (Å²) < 4.78 is 27.5. The molecule has 0 aromatic rings. The van der Waals surface area contributed by atoms with Crippen molar-refractivity contribution in [2.45, 2.75) is 43.8 Å². The molecule has 2 N–H and O–H groups in total. The Morgan fingerprint density at radius 3 is 2.67 bits per heavy atom. The van der Waals surface area contributed by atoms with E-state index in [-0.39, 0.29) is 12.6 Å². The maximum absolute atomic E-state index is 13.8. The van der Waals surface area contributed by atoms with Crippen LogP contribution in [0, 0.1) is 0 Å². The van der Waals surface area contributed by atoms with Gasteiger partial charge in [-0.25, -0.2) is 4.90 Å². The Morgan fingerprint density at radius 1 is 1.52 bits per heavy atom. The lowest BCUT2D eigenvalue weighted by Gasteiger charge is -2.33. The number of alkyl halides is 2. The molecule has 0 bridgehead atoms. The molecule has 7 heteroatoms. The van der Waals surface area contributed by atoms with E-state index in [1.807, 2.05) is 6.92 Å². The van der Waals surface area contributed by atoms with Gasteiger partial charge in [-0.05, 0) is 31.8 Å². The van der Waals surface area contributed by atoms with Crippen LogP contribution in [0.15, 0.2) is 16.3 Å². The molecule has 0 radical (unpaired) electrons. The highest BCUT2D eigenvalue weighted by Gasteiger charge is 2.85. The molecule has 1 spiro atoms. The lowest BCUT2D eigenvalue weighted by atomic mass is 9.96. The van der Waals surface area contributed by atoms with Crippen LogP contribution in [0.1, 0.15) is 26.2 Å². The van der Waals surface area contributed by atoms with Crippen molar-refractivity contribution in [2.75, 3.05) is 20.1 Å². The average Bonchev–Trinajstić information content (AvgIpc) is 3.32. The molecule has 0 aromatic carbocycles. The minimum Gasteiger partial charge on any atom is -0.400 e. The zero-order valence-corrected chi connectivity index (χ0v) is 12.3. The molecule has 2 aliphatic heterocycles. The van der Waals surface area contributed by atoms with Gasteiger partial charge >= 0.3 is 6.05 Å². The number of halogens is 2. The molecule has 1 saturated heterocycles. The number of carbonyl (C=O) groups excluding carboxylic acids is 1. The van der Waals surface area contributed by atoms with Gasteiger partial charge in [0.2, 0.25) is 6.41 Å². The third-order valence-electron chi connectivity index (χ3n) is 5.07. The summed E-state index contributed by atoms with van der Waals surface area (Å²) in [7, 11) is 1.60. The number of nitrogens with two attached hydrogens (primary N) is 1. The molecule has 21 heavy (non-hydrogen) atoms. The van der Waals surface area contributed by atoms with Crippen LogP contribution in [-0.4, -0.2) is 59.7 Å². The fourth-order valence-electron chi connectivity index (χ4n) is 3.30. The molecule has 2 unspecified atom stereocenters. The van der Waals surface area contributed by atoms with Gasteiger partial charge in [0.1, 0.15) is 5.54 Å². The normalized spacial score (nSPS) is 33.3. The van der Waals surface area contributed by atoms with E-state index >= 15 is 0 Å². The minimum atomic E-state index is -2.70. The fourth-order valence-corrected chi connectivity index (χ4v) is 3.30. The molecule has 116 valence electrons. The van der Waals surface area contributed by atoms with Gasteiger partial charge in [-0.2, -0.15) is 8.78 Å². The molecular weight excluding hydrogens is 278 g/mol.